The zero-order chi connectivity index (χ0) is 41.9. The quantitative estimate of drug-likeness (QED) is 0.169. The molecule has 1 aliphatic carbocycles. The van der Waals surface area contributed by atoms with Gasteiger partial charge in [0, 0.05) is 22.4 Å². The van der Waals surface area contributed by atoms with E-state index in [1.165, 1.54) is 94.3 Å². The summed E-state index contributed by atoms with van der Waals surface area (Å²) >= 11 is 0. The van der Waals surface area contributed by atoms with E-state index in [0.717, 1.165) is 0 Å². The Morgan fingerprint density at radius 1 is 0.362 bits per heavy atom. The fourth-order valence-electron chi connectivity index (χ4n) is 9.48. The van der Waals surface area contributed by atoms with Gasteiger partial charge in [-0.3, -0.25) is 0 Å². The van der Waals surface area contributed by atoms with Gasteiger partial charge in [-0.1, -0.05) is 195 Å². The molecule has 1 aromatic heterocycles. The van der Waals surface area contributed by atoms with Crippen LogP contribution in [0, 0.1) is 0 Å². The Bertz CT molecular complexity index is 2620. The average molecular weight is 764 g/mol. The molecule has 0 amide bonds. The topological polar surface area (TPSA) is 4.93 Å². The molecule has 1 heterocycles. The van der Waals surface area contributed by atoms with E-state index in [-0.39, 0.29) is 33.0 Å². The standard InChI is InChI=1S/C57H65N/c1-53(2,3)36-24-26-42-45(33-36)46-34-37(54(4,5)6)25-27-43(46)49(42)44-28-29-48-51(52(44)57(13,14)15)50-41(22-19-23-47(50)58(48)40-20-17-16-18-21-40)35-30-38(55(7,8)9)32-39(31-35)56(10,11)12/h16-34,49H,1-15H3. The van der Waals surface area contributed by atoms with Crippen LogP contribution in [-0.2, 0) is 27.1 Å². The fourth-order valence-corrected chi connectivity index (χ4v) is 9.48. The first-order valence-electron chi connectivity index (χ1n) is 21.6. The summed E-state index contributed by atoms with van der Waals surface area (Å²) < 4.78 is 2.52. The van der Waals surface area contributed by atoms with Crippen LogP contribution in [0.2, 0.25) is 0 Å². The maximum atomic E-state index is 2.52. The lowest BCUT2D eigenvalue weighted by atomic mass is 9.74. The molecule has 1 aliphatic rings. The Balaban J connectivity index is 1.53. The molecular formula is C57H65N. The lowest BCUT2D eigenvalue weighted by Crippen LogP contribution is -2.18. The molecule has 7 aromatic rings. The number of fused-ring (bicyclic) bond motifs is 6. The average Bonchev–Trinajstić information content (AvgIpc) is 3.65. The predicted molar refractivity (Wildman–Crippen MR) is 253 cm³/mol. The molecule has 0 aliphatic heterocycles. The summed E-state index contributed by atoms with van der Waals surface area (Å²) in [7, 11) is 0. The SMILES string of the molecule is CC(C)(C)c1cc(-c2cccc3c2c2c(C(C)(C)C)c(C4c5ccc(C(C)(C)C)cc5-c5cc(C(C)(C)C)ccc54)ccc2n3-c2ccccc2)cc(C(C)(C)C)c1. The monoisotopic (exact) mass is 764 g/mol. The normalized spacial score (nSPS) is 14.1. The maximum Gasteiger partial charge on any atom is 0.0547 e. The van der Waals surface area contributed by atoms with E-state index in [2.05, 4.69) is 224 Å². The summed E-state index contributed by atoms with van der Waals surface area (Å²) in [6, 6.07) is 45.0. The Kier molecular flexibility index (Phi) is 9.17. The van der Waals surface area contributed by atoms with Crippen molar-refractivity contribution >= 4 is 21.8 Å². The van der Waals surface area contributed by atoms with Gasteiger partial charge >= 0.3 is 0 Å². The third-order valence-electron chi connectivity index (χ3n) is 12.8. The first kappa shape index (κ1) is 39.9. The van der Waals surface area contributed by atoms with Gasteiger partial charge in [0.05, 0.1) is 11.0 Å². The molecular weight excluding hydrogens is 699 g/mol. The zero-order valence-electron chi connectivity index (χ0n) is 38.0. The molecule has 1 nitrogen and oxygen atoms in total. The summed E-state index contributed by atoms with van der Waals surface area (Å²) in [5.41, 5.74) is 20.2. The number of hydrogen-bond acceptors (Lipinski definition) is 0. The van der Waals surface area contributed by atoms with Gasteiger partial charge < -0.3 is 4.57 Å². The molecule has 0 saturated carbocycles. The van der Waals surface area contributed by atoms with Gasteiger partial charge in [-0.2, -0.15) is 0 Å². The van der Waals surface area contributed by atoms with E-state index in [0.29, 0.717) is 0 Å². The van der Waals surface area contributed by atoms with Gasteiger partial charge in [0.1, 0.15) is 0 Å². The molecule has 0 saturated heterocycles. The molecule has 1 heteroatoms. The van der Waals surface area contributed by atoms with Crippen molar-refractivity contribution in [3.63, 3.8) is 0 Å². The summed E-state index contributed by atoms with van der Waals surface area (Å²) in [6.45, 7) is 35.4. The molecule has 0 spiro atoms. The third kappa shape index (κ3) is 6.73. The lowest BCUT2D eigenvalue weighted by Gasteiger charge is -2.29. The number of para-hydroxylation sites is 1. The van der Waals surface area contributed by atoms with Crippen molar-refractivity contribution in [2.75, 3.05) is 0 Å². The zero-order valence-corrected chi connectivity index (χ0v) is 38.0. The molecule has 6 aromatic carbocycles. The summed E-state index contributed by atoms with van der Waals surface area (Å²) in [5.74, 6) is 0.116. The Labute approximate surface area is 349 Å². The van der Waals surface area contributed by atoms with E-state index in [9.17, 15) is 0 Å². The molecule has 0 unspecified atom stereocenters. The minimum atomic E-state index is -0.165. The lowest BCUT2D eigenvalue weighted by molar-refractivity contribution is 0.569. The van der Waals surface area contributed by atoms with Crippen LogP contribution in [0.3, 0.4) is 0 Å². The number of benzene rings is 6. The second-order valence-corrected chi connectivity index (χ2v) is 22.4. The number of aromatic nitrogens is 1. The largest absolute Gasteiger partial charge is 0.309 e. The first-order chi connectivity index (χ1) is 26.9. The van der Waals surface area contributed by atoms with E-state index in [1.54, 1.807) is 0 Å². The summed E-state index contributed by atoms with van der Waals surface area (Å²) in [5, 5.41) is 2.70. The van der Waals surface area contributed by atoms with Crippen molar-refractivity contribution in [1.82, 2.24) is 4.57 Å². The van der Waals surface area contributed by atoms with Crippen LogP contribution in [0.5, 0.6) is 0 Å². The molecule has 298 valence electrons. The molecule has 0 fully saturated rings. The highest BCUT2D eigenvalue weighted by molar-refractivity contribution is 6.18. The number of hydrogen-bond donors (Lipinski definition) is 0. The fraction of sp³-hybridized carbons (Fsp3) is 0.368. The Morgan fingerprint density at radius 3 is 1.33 bits per heavy atom. The Hall–Kier alpha value is -4.88. The van der Waals surface area contributed by atoms with Crippen molar-refractivity contribution in [2.45, 2.75) is 137 Å². The van der Waals surface area contributed by atoms with Gasteiger partial charge in [-0.05, 0) is 118 Å². The van der Waals surface area contributed by atoms with Crippen molar-refractivity contribution < 1.29 is 0 Å². The van der Waals surface area contributed by atoms with Gasteiger partial charge in [0.2, 0.25) is 0 Å². The maximum absolute atomic E-state index is 2.52. The first-order valence-corrected chi connectivity index (χ1v) is 21.6. The van der Waals surface area contributed by atoms with Crippen LogP contribution in [-0.4, -0.2) is 4.57 Å². The minimum absolute atomic E-state index is 0.00858. The minimum Gasteiger partial charge on any atom is -0.309 e. The van der Waals surface area contributed by atoms with E-state index >= 15 is 0 Å². The second kappa shape index (κ2) is 13.3. The van der Waals surface area contributed by atoms with Crippen LogP contribution in [0.15, 0.2) is 115 Å². The highest BCUT2D eigenvalue weighted by Gasteiger charge is 2.37. The van der Waals surface area contributed by atoms with E-state index in [1.807, 2.05) is 0 Å². The van der Waals surface area contributed by atoms with Gasteiger partial charge in [0.15, 0.2) is 0 Å². The molecule has 0 bridgehead atoms. The third-order valence-corrected chi connectivity index (χ3v) is 12.8. The highest BCUT2D eigenvalue weighted by Crippen LogP contribution is 2.54. The van der Waals surface area contributed by atoms with E-state index < -0.39 is 0 Å². The van der Waals surface area contributed by atoms with Crippen LogP contribution in [0.4, 0.5) is 0 Å². The molecule has 0 N–H and O–H groups in total. The molecule has 0 atom stereocenters. The molecule has 58 heavy (non-hydrogen) atoms. The van der Waals surface area contributed by atoms with E-state index in [4.69, 9.17) is 0 Å². The molecule has 8 rings (SSSR count). The number of rotatable bonds is 3. The van der Waals surface area contributed by atoms with Gasteiger partial charge in [0.25, 0.3) is 0 Å². The van der Waals surface area contributed by atoms with Gasteiger partial charge in [-0.25, -0.2) is 0 Å². The van der Waals surface area contributed by atoms with Crippen molar-refractivity contribution in [1.29, 1.82) is 0 Å². The smallest absolute Gasteiger partial charge is 0.0547 e. The summed E-state index contributed by atoms with van der Waals surface area (Å²) in [4.78, 5) is 0. The van der Waals surface area contributed by atoms with Crippen molar-refractivity contribution in [3.05, 3.63) is 160 Å². The van der Waals surface area contributed by atoms with Crippen LogP contribution in [0.1, 0.15) is 154 Å². The second-order valence-electron chi connectivity index (χ2n) is 22.4. The summed E-state index contributed by atoms with van der Waals surface area (Å²) in [6.07, 6.45) is 0. The Morgan fingerprint density at radius 2 is 0.845 bits per heavy atom. The highest BCUT2D eigenvalue weighted by atomic mass is 15.0. The molecule has 0 radical (unpaired) electrons. The van der Waals surface area contributed by atoms with Crippen LogP contribution < -0.4 is 0 Å². The number of nitrogens with zero attached hydrogens (tertiary/aromatic N) is 1. The van der Waals surface area contributed by atoms with Crippen molar-refractivity contribution in [3.8, 4) is 27.9 Å². The van der Waals surface area contributed by atoms with Crippen LogP contribution in [0.25, 0.3) is 49.7 Å². The predicted octanol–water partition coefficient (Wildman–Crippen LogP) is 16.1. The van der Waals surface area contributed by atoms with Crippen LogP contribution >= 0.6 is 0 Å². The van der Waals surface area contributed by atoms with Gasteiger partial charge in [-0.15, -0.1) is 0 Å². The van der Waals surface area contributed by atoms with Crippen molar-refractivity contribution in [2.24, 2.45) is 0 Å².